The number of carbonyl (C=O) groups excluding carboxylic acids is 1. The Hall–Kier alpha value is -2.36. The smallest absolute Gasteiger partial charge is 0.369 e. The summed E-state index contributed by atoms with van der Waals surface area (Å²) < 4.78 is 41.4. The van der Waals surface area contributed by atoms with Crippen molar-refractivity contribution in [2.75, 3.05) is 11.9 Å². The van der Waals surface area contributed by atoms with Crippen molar-refractivity contribution in [3.05, 3.63) is 34.4 Å². The number of anilines is 1. The second-order valence-electron chi connectivity index (χ2n) is 5.81. The molecule has 0 saturated heterocycles. The van der Waals surface area contributed by atoms with E-state index in [1.807, 2.05) is 0 Å². The molecule has 1 aromatic rings. The van der Waals surface area contributed by atoms with E-state index in [0.717, 1.165) is 0 Å². The van der Waals surface area contributed by atoms with Gasteiger partial charge in [-0.2, -0.15) is 13.2 Å². The van der Waals surface area contributed by atoms with E-state index in [1.54, 1.807) is 0 Å². The zero-order valence-corrected chi connectivity index (χ0v) is 13.2. The molecule has 1 fully saturated rings. The van der Waals surface area contributed by atoms with Crippen LogP contribution >= 0.6 is 0 Å². The fraction of sp³-hybridized carbons (Fsp3) is 0.533. The number of non-ortho nitro benzene ring substituents is 1. The zero-order valence-electron chi connectivity index (χ0n) is 13.2. The first-order chi connectivity index (χ1) is 11.7. The summed E-state index contributed by atoms with van der Waals surface area (Å²) in [7, 11) is 0. The summed E-state index contributed by atoms with van der Waals surface area (Å²) in [6, 6.07) is 4.51. The van der Waals surface area contributed by atoms with Gasteiger partial charge in [-0.25, -0.2) is 4.79 Å². The normalized spacial score (nSPS) is 20.8. The third kappa shape index (κ3) is 6.57. The van der Waals surface area contributed by atoms with E-state index in [9.17, 15) is 28.1 Å². The number of hydrogen-bond donors (Lipinski definition) is 2. The Morgan fingerprint density at radius 1 is 1.28 bits per heavy atom. The average molecular weight is 361 g/mol. The molecule has 1 saturated carbocycles. The van der Waals surface area contributed by atoms with Crippen LogP contribution in [0, 0.1) is 10.1 Å². The van der Waals surface area contributed by atoms with Crippen LogP contribution in [0.3, 0.4) is 0 Å². The number of rotatable bonds is 5. The molecule has 2 unspecified atom stereocenters. The molecule has 2 N–H and O–H groups in total. The summed E-state index contributed by atoms with van der Waals surface area (Å²) in [6.07, 6.45) is -2.76. The van der Waals surface area contributed by atoms with Crippen LogP contribution in [0.1, 0.15) is 25.7 Å². The predicted molar refractivity (Wildman–Crippen MR) is 83.3 cm³/mol. The standard InChI is InChI=1S/C15H18F3N3O4/c16-15(17,18)9-25-13-3-1-2-11(8-13)20-14(22)19-10-4-6-12(7-5-10)21(23)24/h4-7,11,13H,1-3,8-9H2,(H2,19,20,22). The lowest BCUT2D eigenvalue weighted by Gasteiger charge is -2.30. The van der Waals surface area contributed by atoms with Gasteiger partial charge >= 0.3 is 12.2 Å². The second-order valence-corrected chi connectivity index (χ2v) is 5.81. The lowest BCUT2D eigenvalue weighted by atomic mass is 9.93. The lowest BCUT2D eigenvalue weighted by molar-refractivity contribution is -0.384. The molecule has 10 heteroatoms. The van der Waals surface area contributed by atoms with Crippen LogP contribution in [0.15, 0.2) is 24.3 Å². The maximum atomic E-state index is 12.2. The topological polar surface area (TPSA) is 93.5 Å². The van der Waals surface area contributed by atoms with E-state index in [-0.39, 0.29) is 11.7 Å². The molecule has 1 aliphatic rings. The molecule has 0 bridgehead atoms. The minimum atomic E-state index is -4.37. The van der Waals surface area contributed by atoms with Gasteiger partial charge < -0.3 is 15.4 Å². The van der Waals surface area contributed by atoms with Crippen molar-refractivity contribution < 1.29 is 27.6 Å². The predicted octanol–water partition coefficient (Wildman–Crippen LogP) is 3.61. The highest BCUT2D eigenvalue weighted by Gasteiger charge is 2.31. The third-order valence-corrected chi connectivity index (χ3v) is 3.78. The van der Waals surface area contributed by atoms with E-state index in [0.29, 0.717) is 31.4 Å². The molecule has 1 aromatic carbocycles. The summed E-state index contributed by atoms with van der Waals surface area (Å²) in [4.78, 5) is 22.0. The number of amides is 2. The molecule has 2 amide bonds. The van der Waals surface area contributed by atoms with Crippen LogP contribution in [-0.2, 0) is 4.74 Å². The lowest BCUT2D eigenvalue weighted by Crippen LogP contribution is -2.43. The molecule has 25 heavy (non-hydrogen) atoms. The zero-order chi connectivity index (χ0) is 18.4. The fourth-order valence-electron chi connectivity index (χ4n) is 2.66. The number of alkyl halides is 3. The van der Waals surface area contributed by atoms with Crippen molar-refractivity contribution >= 4 is 17.4 Å². The number of nitro benzene ring substituents is 1. The van der Waals surface area contributed by atoms with Crippen molar-refractivity contribution in [2.45, 2.75) is 44.0 Å². The minimum absolute atomic E-state index is 0.0945. The van der Waals surface area contributed by atoms with Gasteiger partial charge in [-0.3, -0.25) is 10.1 Å². The van der Waals surface area contributed by atoms with Gasteiger partial charge in [0.15, 0.2) is 0 Å². The highest BCUT2D eigenvalue weighted by molar-refractivity contribution is 5.89. The molecule has 7 nitrogen and oxygen atoms in total. The van der Waals surface area contributed by atoms with Gasteiger partial charge in [-0.1, -0.05) is 0 Å². The number of nitro groups is 1. The van der Waals surface area contributed by atoms with Crippen molar-refractivity contribution in [3.8, 4) is 0 Å². The molecule has 0 heterocycles. The third-order valence-electron chi connectivity index (χ3n) is 3.78. The van der Waals surface area contributed by atoms with Gasteiger partial charge in [0.05, 0.1) is 11.0 Å². The van der Waals surface area contributed by atoms with Crippen LogP contribution in [0.2, 0.25) is 0 Å². The number of nitrogens with one attached hydrogen (secondary N) is 2. The maximum Gasteiger partial charge on any atom is 0.411 e. The van der Waals surface area contributed by atoms with Crippen molar-refractivity contribution in [1.29, 1.82) is 0 Å². The highest BCUT2D eigenvalue weighted by Crippen LogP contribution is 2.24. The van der Waals surface area contributed by atoms with Gasteiger partial charge in [-0.15, -0.1) is 0 Å². The van der Waals surface area contributed by atoms with Gasteiger partial charge in [0.2, 0.25) is 0 Å². The quantitative estimate of drug-likeness (QED) is 0.619. The largest absolute Gasteiger partial charge is 0.411 e. The first kappa shape index (κ1) is 19.0. The molecule has 2 rings (SSSR count). The number of ether oxygens (including phenoxy) is 1. The van der Waals surface area contributed by atoms with Crippen molar-refractivity contribution in [3.63, 3.8) is 0 Å². The molecule has 0 aromatic heterocycles. The number of hydrogen-bond acceptors (Lipinski definition) is 4. The molecular weight excluding hydrogens is 343 g/mol. The summed E-state index contributed by atoms with van der Waals surface area (Å²) >= 11 is 0. The summed E-state index contributed by atoms with van der Waals surface area (Å²) in [5, 5.41) is 15.8. The Balaban J connectivity index is 1.80. The molecule has 1 aliphatic carbocycles. The monoisotopic (exact) mass is 361 g/mol. The highest BCUT2D eigenvalue weighted by atomic mass is 19.4. The summed E-state index contributed by atoms with van der Waals surface area (Å²) in [5.41, 5.74) is 0.284. The Labute approximate surface area is 141 Å². The molecule has 2 atom stereocenters. The van der Waals surface area contributed by atoms with Crippen LogP contribution in [-0.4, -0.2) is 35.9 Å². The van der Waals surface area contributed by atoms with Gasteiger partial charge in [0.25, 0.3) is 5.69 Å². The van der Waals surface area contributed by atoms with E-state index in [1.165, 1.54) is 24.3 Å². The molecule has 138 valence electrons. The fourth-order valence-corrected chi connectivity index (χ4v) is 2.66. The SMILES string of the molecule is O=C(Nc1ccc([N+](=O)[O-])cc1)NC1CCCC(OCC(F)(F)F)C1. The van der Waals surface area contributed by atoms with Gasteiger partial charge in [0, 0.05) is 23.9 Å². The first-order valence-corrected chi connectivity index (χ1v) is 7.73. The van der Waals surface area contributed by atoms with Gasteiger partial charge in [-0.05, 0) is 37.8 Å². The number of benzene rings is 1. The maximum absolute atomic E-state index is 12.2. The number of halogens is 3. The van der Waals surface area contributed by atoms with E-state index in [4.69, 9.17) is 4.74 Å². The summed E-state index contributed by atoms with van der Waals surface area (Å²) in [6.45, 7) is -1.29. The van der Waals surface area contributed by atoms with E-state index in [2.05, 4.69) is 10.6 Å². The van der Waals surface area contributed by atoms with Crippen LogP contribution in [0.25, 0.3) is 0 Å². The molecule has 0 radical (unpaired) electrons. The number of carbonyl (C=O) groups is 1. The Morgan fingerprint density at radius 3 is 2.56 bits per heavy atom. The molecule has 0 aliphatic heterocycles. The Kier molecular flexibility index (Phi) is 6.18. The van der Waals surface area contributed by atoms with Crippen molar-refractivity contribution in [2.24, 2.45) is 0 Å². The van der Waals surface area contributed by atoms with Crippen LogP contribution < -0.4 is 10.6 Å². The first-order valence-electron chi connectivity index (χ1n) is 7.73. The Bertz CT molecular complexity index is 607. The Morgan fingerprint density at radius 2 is 1.96 bits per heavy atom. The summed E-state index contributed by atoms with van der Waals surface area (Å²) in [5.74, 6) is 0. The van der Waals surface area contributed by atoms with E-state index >= 15 is 0 Å². The van der Waals surface area contributed by atoms with E-state index < -0.39 is 29.8 Å². The number of urea groups is 1. The van der Waals surface area contributed by atoms with Crippen LogP contribution in [0.4, 0.5) is 29.3 Å². The minimum Gasteiger partial charge on any atom is -0.369 e. The van der Waals surface area contributed by atoms with Gasteiger partial charge in [0.1, 0.15) is 6.61 Å². The molecular formula is C15H18F3N3O4. The molecule has 0 spiro atoms. The second kappa shape index (κ2) is 8.15. The van der Waals surface area contributed by atoms with Crippen molar-refractivity contribution in [1.82, 2.24) is 5.32 Å². The average Bonchev–Trinajstić information content (AvgIpc) is 2.53. The van der Waals surface area contributed by atoms with Crippen LogP contribution in [0.5, 0.6) is 0 Å². The number of nitrogens with zero attached hydrogens (tertiary/aromatic N) is 1.